The molecule has 14 heavy (non-hydrogen) atoms. The molecule has 0 saturated carbocycles. The quantitative estimate of drug-likeness (QED) is 0.650. The van der Waals surface area contributed by atoms with Gasteiger partial charge in [0.05, 0.1) is 5.57 Å². The Morgan fingerprint density at radius 2 is 2.07 bits per heavy atom. The fraction of sp³-hybridized carbons (Fsp3) is 0. The molecule has 4 heteroatoms. The van der Waals surface area contributed by atoms with Crippen molar-refractivity contribution in [3.8, 4) is 0 Å². The number of carboxylic acids is 1. The molecule has 1 aromatic carbocycles. The molecule has 0 bridgehead atoms. The summed E-state index contributed by atoms with van der Waals surface area (Å²) in [6.07, 6.45) is 0.918. The third-order valence-electron chi connectivity index (χ3n) is 1.98. The smallest absolute Gasteiger partial charge is 0.329 e. The van der Waals surface area contributed by atoms with Gasteiger partial charge in [0.2, 0.25) is 0 Å². The Bertz CT molecular complexity index is 448. The van der Waals surface area contributed by atoms with Crippen LogP contribution in [0.15, 0.2) is 30.3 Å². The van der Waals surface area contributed by atoms with E-state index in [0.29, 0.717) is 11.3 Å². The summed E-state index contributed by atoms with van der Waals surface area (Å²) < 4.78 is 0. The maximum atomic E-state index is 11.3. The first-order valence-corrected chi connectivity index (χ1v) is 4.04. The van der Waals surface area contributed by atoms with E-state index in [4.69, 9.17) is 5.11 Å². The average molecular weight is 189 g/mol. The minimum absolute atomic E-state index is 0.202. The Hall–Kier alpha value is -2.10. The van der Waals surface area contributed by atoms with Crippen molar-refractivity contribution < 1.29 is 14.7 Å². The molecule has 1 aliphatic rings. The van der Waals surface area contributed by atoms with E-state index in [1.54, 1.807) is 24.3 Å². The normalized spacial score (nSPS) is 16.6. The van der Waals surface area contributed by atoms with E-state index in [2.05, 4.69) is 5.32 Å². The number of amides is 1. The molecule has 70 valence electrons. The molecule has 0 fully saturated rings. The maximum absolute atomic E-state index is 11.3. The second-order valence-corrected chi connectivity index (χ2v) is 2.90. The summed E-state index contributed by atoms with van der Waals surface area (Å²) in [6.45, 7) is 0. The molecule has 1 aliphatic heterocycles. The summed E-state index contributed by atoms with van der Waals surface area (Å²) in [5.74, 6) is -1.49. The number of hydrogen-bond acceptors (Lipinski definition) is 2. The van der Waals surface area contributed by atoms with Crippen molar-refractivity contribution in [1.82, 2.24) is 0 Å². The molecule has 4 nitrogen and oxygen atoms in total. The predicted molar refractivity (Wildman–Crippen MR) is 50.7 cm³/mol. The van der Waals surface area contributed by atoms with Crippen LogP contribution >= 0.6 is 0 Å². The van der Waals surface area contributed by atoms with Gasteiger partial charge in [-0.25, -0.2) is 4.79 Å². The Balaban J connectivity index is 2.55. The predicted octanol–water partition coefficient (Wildman–Crippen LogP) is 1.11. The van der Waals surface area contributed by atoms with Crippen LogP contribution in [0.4, 0.5) is 5.69 Å². The SMILES string of the molecule is O=C(O)C=C1C(=O)Nc2ccccc21. The van der Waals surface area contributed by atoms with Crippen LogP contribution in [0.1, 0.15) is 5.56 Å². The molecule has 0 atom stereocenters. The van der Waals surface area contributed by atoms with Crippen LogP contribution in [-0.4, -0.2) is 17.0 Å². The van der Waals surface area contributed by atoms with Gasteiger partial charge in [-0.1, -0.05) is 18.2 Å². The minimum atomic E-state index is -1.12. The molecule has 2 N–H and O–H groups in total. The third-order valence-corrected chi connectivity index (χ3v) is 1.98. The first-order valence-electron chi connectivity index (χ1n) is 4.04. The van der Waals surface area contributed by atoms with E-state index < -0.39 is 5.97 Å². The first kappa shape index (κ1) is 8.50. The second-order valence-electron chi connectivity index (χ2n) is 2.90. The second kappa shape index (κ2) is 2.99. The standard InChI is InChI=1S/C10H7NO3/c12-9(13)5-7-6-3-1-2-4-8(6)11-10(7)14/h1-5H,(H,11,14)(H,12,13). The van der Waals surface area contributed by atoms with Crippen LogP contribution in [0.3, 0.4) is 0 Å². The number of nitrogens with one attached hydrogen (secondary N) is 1. The van der Waals surface area contributed by atoms with E-state index in [9.17, 15) is 9.59 Å². The lowest BCUT2D eigenvalue weighted by atomic mass is 10.1. The highest BCUT2D eigenvalue weighted by Crippen LogP contribution is 2.30. The average Bonchev–Trinajstić information content (AvgIpc) is 2.43. The third kappa shape index (κ3) is 1.26. The molecule has 0 aliphatic carbocycles. The van der Waals surface area contributed by atoms with Gasteiger partial charge in [0.1, 0.15) is 0 Å². The van der Waals surface area contributed by atoms with Crippen molar-refractivity contribution in [2.75, 3.05) is 5.32 Å². The van der Waals surface area contributed by atoms with E-state index in [-0.39, 0.29) is 11.5 Å². The lowest BCUT2D eigenvalue weighted by Crippen LogP contribution is -2.05. The fourth-order valence-electron chi connectivity index (χ4n) is 1.41. The molecule has 2 rings (SSSR count). The molecular formula is C10H7NO3. The zero-order valence-electron chi connectivity index (χ0n) is 7.15. The minimum Gasteiger partial charge on any atom is -0.478 e. The van der Waals surface area contributed by atoms with Crippen LogP contribution in [0, 0.1) is 0 Å². The van der Waals surface area contributed by atoms with E-state index in [1.165, 1.54) is 0 Å². The number of fused-ring (bicyclic) bond motifs is 1. The van der Waals surface area contributed by atoms with Crippen molar-refractivity contribution in [1.29, 1.82) is 0 Å². The van der Waals surface area contributed by atoms with E-state index in [0.717, 1.165) is 6.08 Å². The van der Waals surface area contributed by atoms with Crippen LogP contribution in [0.2, 0.25) is 0 Å². The molecule has 0 radical (unpaired) electrons. The first-order chi connectivity index (χ1) is 6.68. The van der Waals surface area contributed by atoms with Crippen LogP contribution < -0.4 is 5.32 Å². The highest BCUT2D eigenvalue weighted by atomic mass is 16.4. The number of benzene rings is 1. The van der Waals surface area contributed by atoms with Crippen molar-refractivity contribution in [2.24, 2.45) is 0 Å². The molecule has 1 amide bonds. The Kier molecular flexibility index (Phi) is 1.81. The molecule has 0 saturated heterocycles. The lowest BCUT2D eigenvalue weighted by Gasteiger charge is -1.94. The van der Waals surface area contributed by atoms with Crippen LogP contribution in [0.25, 0.3) is 5.57 Å². The molecule has 1 heterocycles. The number of para-hydroxylation sites is 1. The van der Waals surface area contributed by atoms with Gasteiger partial charge in [0, 0.05) is 17.3 Å². The van der Waals surface area contributed by atoms with Gasteiger partial charge in [0.15, 0.2) is 0 Å². The molecule has 1 aromatic rings. The largest absolute Gasteiger partial charge is 0.478 e. The number of aliphatic carboxylic acids is 1. The number of anilines is 1. The van der Waals surface area contributed by atoms with E-state index in [1.807, 2.05) is 0 Å². The lowest BCUT2D eigenvalue weighted by molar-refractivity contribution is -0.131. The zero-order chi connectivity index (χ0) is 10.1. The van der Waals surface area contributed by atoms with Crippen molar-refractivity contribution in [3.05, 3.63) is 35.9 Å². The molecular weight excluding hydrogens is 182 g/mol. The number of carbonyl (C=O) groups excluding carboxylic acids is 1. The molecule has 0 unspecified atom stereocenters. The summed E-state index contributed by atoms with van der Waals surface area (Å²) in [5, 5.41) is 11.1. The molecule has 0 aromatic heterocycles. The van der Waals surface area contributed by atoms with Gasteiger partial charge in [-0.3, -0.25) is 4.79 Å². The van der Waals surface area contributed by atoms with Gasteiger partial charge in [-0.15, -0.1) is 0 Å². The highest BCUT2D eigenvalue weighted by Gasteiger charge is 2.23. The van der Waals surface area contributed by atoms with Crippen molar-refractivity contribution in [3.63, 3.8) is 0 Å². The zero-order valence-corrected chi connectivity index (χ0v) is 7.15. The van der Waals surface area contributed by atoms with Crippen LogP contribution in [-0.2, 0) is 9.59 Å². The Morgan fingerprint density at radius 3 is 2.79 bits per heavy atom. The van der Waals surface area contributed by atoms with Gasteiger partial charge in [-0.05, 0) is 6.07 Å². The maximum Gasteiger partial charge on any atom is 0.329 e. The highest BCUT2D eigenvalue weighted by molar-refractivity contribution is 6.33. The summed E-state index contributed by atoms with van der Waals surface area (Å²) in [7, 11) is 0. The van der Waals surface area contributed by atoms with Gasteiger partial charge in [-0.2, -0.15) is 0 Å². The Labute approximate surface area is 79.9 Å². The summed E-state index contributed by atoms with van der Waals surface area (Å²) in [4.78, 5) is 21.8. The fourth-order valence-corrected chi connectivity index (χ4v) is 1.41. The van der Waals surface area contributed by atoms with Crippen molar-refractivity contribution >= 4 is 23.1 Å². The summed E-state index contributed by atoms with van der Waals surface area (Å²) >= 11 is 0. The number of carboxylic acid groups (broad SMARTS) is 1. The molecule has 0 spiro atoms. The van der Waals surface area contributed by atoms with Gasteiger partial charge in [0.25, 0.3) is 5.91 Å². The van der Waals surface area contributed by atoms with Crippen LogP contribution in [0.5, 0.6) is 0 Å². The summed E-state index contributed by atoms with van der Waals surface area (Å²) in [5.41, 5.74) is 1.50. The number of rotatable bonds is 1. The Morgan fingerprint density at radius 1 is 1.36 bits per heavy atom. The number of hydrogen-bond donors (Lipinski definition) is 2. The number of carbonyl (C=O) groups is 2. The van der Waals surface area contributed by atoms with E-state index >= 15 is 0 Å². The van der Waals surface area contributed by atoms with Gasteiger partial charge < -0.3 is 10.4 Å². The van der Waals surface area contributed by atoms with Gasteiger partial charge >= 0.3 is 5.97 Å². The monoisotopic (exact) mass is 189 g/mol. The van der Waals surface area contributed by atoms with Crippen molar-refractivity contribution in [2.45, 2.75) is 0 Å². The topological polar surface area (TPSA) is 66.4 Å². The summed E-state index contributed by atoms with van der Waals surface area (Å²) in [6, 6.07) is 6.98.